The van der Waals surface area contributed by atoms with Crippen molar-refractivity contribution in [2.75, 3.05) is 12.0 Å². The molecular weight excluding hydrogens is 431 g/mol. The van der Waals surface area contributed by atoms with Crippen LogP contribution in [-0.4, -0.2) is 24.5 Å². The van der Waals surface area contributed by atoms with Crippen LogP contribution in [-0.2, 0) is 9.59 Å². The van der Waals surface area contributed by atoms with Crippen LogP contribution in [0.2, 0.25) is 0 Å². The van der Waals surface area contributed by atoms with Gasteiger partial charge in [0.05, 0.1) is 30.4 Å². The number of Topliss-reactive ketones (excluding diaryl/α,β-unsaturated/α-hetero) is 1. The number of benzene rings is 3. The summed E-state index contributed by atoms with van der Waals surface area (Å²) in [6.07, 6.45) is 0.941. The molecule has 3 aromatic carbocycles. The Morgan fingerprint density at radius 2 is 1.65 bits per heavy atom. The number of anilines is 1. The summed E-state index contributed by atoms with van der Waals surface area (Å²) in [7, 11) is 1.62. The number of carbonyl (C=O) groups excluding carboxylic acids is 2. The fourth-order valence-corrected chi connectivity index (χ4v) is 5.18. The van der Waals surface area contributed by atoms with Gasteiger partial charge in [-0.1, -0.05) is 36.4 Å². The number of nitrogens with zero attached hydrogens (tertiary/aromatic N) is 2. The van der Waals surface area contributed by atoms with Gasteiger partial charge in [-0.25, -0.2) is 4.39 Å². The van der Waals surface area contributed by atoms with Gasteiger partial charge in [-0.15, -0.1) is 0 Å². The molecule has 6 heteroatoms. The largest absolute Gasteiger partial charge is 0.497 e. The van der Waals surface area contributed by atoms with Crippen molar-refractivity contribution < 1.29 is 18.7 Å². The maximum atomic E-state index is 13.8. The highest BCUT2D eigenvalue weighted by Crippen LogP contribution is 2.47. The number of hydrogen-bond donors (Lipinski definition) is 0. The number of ketones is 1. The minimum atomic E-state index is -0.601. The van der Waals surface area contributed by atoms with Crippen LogP contribution in [0.5, 0.6) is 5.75 Å². The van der Waals surface area contributed by atoms with Gasteiger partial charge in [0.15, 0.2) is 0 Å². The fraction of sp³-hybridized carbons (Fsp3) is 0.250. The lowest BCUT2D eigenvalue weighted by atomic mass is 9.72. The van der Waals surface area contributed by atoms with E-state index in [1.54, 1.807) is 24.1 Å². The van der Waals surface area contributed by atoms with Gasteiger partial charge < -0.3 is 9.64 Å². The van der Waals surface area contributed by atoms with Crippen molar-refractivity contribution in [3.63, 3.8) is 0 Å². The van der Waals surface area contributed by atoms with Crippen molar-refractivity contribution in [2.45, 2.75) is 31.7 Å². The third-order valence-corrected chi connectivity index (χ3v) is 6.75. The standard InChI is InChI=1S/C28H25FN2O3/c1-17(32)31-25-6-4-3-5-23(25)30-24-15-20(18-9-13-22(34-2)14-10-18)16-26(33)27(24)28(31)19-7-11-21(29)12-8-19/h3-14,20,27-28H,15-16H2,1-2H3. The Morgan fingerprint density at radius 3 is 2.32 bits per heavy atom. The second-order valence-electron chi connectivity index (χ2n) is 8.80. The van der Waals surface area contributed by atoms with Gasteiger partial charge >= 0.3 is 0 Å². The third-order valence-electron chi connectivity index (χ3n) is 6.75. The highest BCUT2D eigenvalue weighted by molar-refractivity contribution is 6.13. The van der Waals surface area contributed by atoms with Crippen LogP contribution in [0.3, 0.4) is 0 Å². The molecule has 172 valence electrons. The number of fused-ring (bicyclic) bond motifs is 2. The van der Waals surface area contributed by atoms with Gasteiger partial charge in [0.25, 0.3) is 0 Å². The molecule has 5 rings (SSSR count). The topological polar surface area (TPSA) is 59.0 Å². The molecule has 3 atom stereocenters. The minimum absolute atomic E-state index is 0.0154. The third kappa shape index (κ3) is 3.89. The first-order chi connectivity index (χ1) is 16.5. The van der Waals surface area contributed by atoms with E-state index in [0.29, 0.717) is 29.8 Å². The molecule has 1 heterocycles. The summed E-state index contributed by atoms with van der Waals surface area (Å²) >= 11 is 0. The maximum absolute atomic E-state index is 13.8. The summed E-state index contributed by atoms with van der Waals surface area (Å²) < 4.78 is 19.0. The number of carbonyl (C=O) groups is 2. The van der Waals surface area contributed by atoms with Crippen LogP contribution in [0.4, 0.5) is 15.8 Å². The first-order valence-electron chi connectivity index (χ1n) is 11.3. The van der Waals surface area contributed by atoms with Crippen molar-refractivity contribution in [1.82, 2.24) is 0 Å². The number of hydrogen-bond acceptors (Lipinski definition) is 4. The van der Waals surface area contributed by atoms with Crippen LogP contribution in [0.25, 0.3) is 0 Å². The Balaban J connectivity index is 1.64. The molecule has 0 spiro atoms. The average molecular weight is 457 g/mol. The van der Waals surface area contributed by atoms with Crippen molar-refractivity contribution in [1.29, 1.82) is 0 Å². The van der Waals surface area contributed by atoms with E-state index in [-0.39, 0.29) is 23.4 Å². The Kier molecular flexibility index (Phi) is 5.74. The molecule has 2 aliphatic rings. The molecule has 3 unspecified atom stereocenters. The molecule has 0 bridgehead atoms. The molecule has 0 radical (unpaired) electrons. The molecule has 34 heavy (non-hydrogen) atoms. The zero-order chi connectivity index (χ0) is 23.8. The number of methoxy groups -OCH3 is 1. The predicted molar refractivity (Wildman–Crippen MR) is 129 cm³/mol. The normalized spacial score (nSPS) is 21.7. The first-order valence-corrected chi connectivity index (χ1v) is 11.3. The Labute approximate surface area is 197 Å². The molecule has 1 saturated carbocycles. The number of amides is 1. The Morgan fingerprint density at radius 1 is 0.971 bits per heavy atom. The SMILES string of the molecule is COc1ccc(C2CC(=O)C3C(=Nc4ccccc4N(C(C)=O)C3c3ccc(F)cc3)C2)cc1. The second kappa shape index (κ2) is 8.86. The van der Waals surface area contributed by atoms with Gasteiger partial charge in [0.1, 0.15) is 17.3 Å². The average Bonchev–Trinajstić information content (AvgIpc) is 2.99. The van der Waals surface area contributed by atoms with E-state index in [0.717, 1.165) is 17.0 Å². The van der Waals surface area contributed by atoms with Gasteiger partial charge in [-0.2, -0.15) is 0 Å². The van der Waals surface area contributed by atoms with Crippen molar-refractivity contribution in [3.8, 4) is 5.75 Å². The highest BCUT2D eigenvalue weighted by atomic mass is 19.1. The van der Waals surface area contributed by atoms with E-state index in [2.05, 4.69) is 0 Å². The maximum Gasteiger partial charge on any atom is 0.224 e. The van der Waals surface area contributed by atoms with E-state index in [1.807, 2.05) is 48.5 Å². The Hall–Kier alpha value is -3.80. The predicted octanol–water partition coefficient (Wildman–Crippen LogP) is 5.78. The number of rotatable bonds is 3. The molecule has 1 aliphatic carbocycles. The van der Waals surface area contributed by atoms with Crippen LogP contribution in [0.15, 0.2) is 77.8 Å². The lowest BCUT2D eigenvalue weighted by Crippen LogP contribution is -2.45. The molecule has 0 N–H and O–H groups in total. The number of aliphatic imine (C=N–C) groups is 1. The molecule has 1 amide bonds. The zero-order valence-corrected chi connectivity index (χ0v) is 19.1. The fourth-order valence-electron chi connectivity index (χ4n) is 5.18. The molecule has 0 saturated heterocycles. The zero-order valence-electron chi connectivity index (χ0n) is 19.1. The summed E-state index contributed by atoms with van der Waals surface area (Å²) in [4.78, 5) is 33.3. The quantitative estimate of drug-likeness (QED) is 0.502. The van der Waals surface area contributed by atoms with Gasteiger partial charge in [-0.05, 0) is 59.9 Å². The van der Waals surface area contributed by atoms with Gasteiger partial charge in [0, 0.05) is 19.1 Å². The molecule has 5 nitrogen and oxygen atoms in total. The van der Waals surface area contributed by atoms with E-state index in [1.165, 1.54) is 19.1 Å². The summed E-state index contributed by atoms with van der Waals surface area (Å²) in [5.41, 5.74) is 3.82. The molecule has 1 aliphatic heterocycles. The molecule has 0 aromatic heterocycles. The van der Waals surface area contributed by atoms with E-state index in [4.69, 9.17) is 9.73 Å². The Bertz CT molecular complexity index is 1270. The number of halogens is 1. The van der Waals surface area contributed by atoms with Crippen molar-refractivity contribution in [3.05, 3.63) is 89.7 Å². The van der Waals surface area contributed by atoms with E-state index in [9.17, 15) is 14.0 Å². The van der Waals surface area contributed by atoms with Crippen LogP contribution in [0, 0.1) is 11.7 Å². The molecule has 1 fully saturated rings. The smallest absolute Gasteiger partial charge is 0.224 e. The van der Waals surface area contributed by atoms with Gasteiger partial charge in [-0.3, -0.25) is 14.6 Å². The number of para-hydroxylation sites is 2. The van der Waals surface area contributed by atoms with E-state index < -0.39 is 12.0 Å². The molecular formula is C28H25FN2O3. The monoisotopic (exact) mass is 456 g/mol. The summed E-state index contributed by atoms with van der Waals surface area (Å²) in [5, 5.41) is 0. The van der Waals surface area contributed by atoms with Gasteiger partial charge in [0.2, 0.25) is 5.91 Å². The van der Waals surface area contributed by atoms with Crippen LogP contribution < -0.4 is 9.64 Å². The van der Waals surface area contributed by atoms with Crippen molar-refractivity contribution in [2.24, 2.45) is 10.9 Å². The highest BCUT2D eigenvalue weighted by Gasteiger charge is 2.45. The van der Waals surface area contributed by atoms with Crippen LogP contribution >= 0.6 is 0 Å². The summed E-state index contributed by atoms with van der Waals surface area (Å²) in [5.74, 6) is -0.384. The van der Waals surface area contributed by atoms with E-state index >= 15 is 0 Å². The minimum Gasteiger partial charge on any atom is -0.497 e. The lowest BCUT2D eigenvalue weighted by Gasteiger charge is -2.38. The number of ether oxygens (including phenoxy) is 1. The first kappa shape index (κ1) is 22.0. The second-order valence-corrected chi connectivity index (χ2v) is 8.80. The summed E-state index contributed by atoms with van der Waals surface area (Å²) in [6, 6.07) is 20.7. The molecule has 3 aromatic rings. The lowest BCUT2D eigenvalue weighted by molar-refractivity contribution is -0.123. The summed E-state index contributed by atoms with van der Waals surface area (Å²) in [6.45, 7) is 1.49. The van der Waals surface area contributed by atoms with Crippen LogP contribution in [0.1, 0.15) is 42.9 Å². The van der Waals surface area contributed by atoms with Crippen molar-refractivity contribution >= 4 is 28.8 Å².